The summed E-state index contributed by atoms with van der Waals surface area (Å²) < 4.78 is 40.1. The number of piperazine rings is 1. The van der Waals surface area contributed by atoms with Gasteiger partial charge in [-0.2, -0.15) is 4.31 Å². The molecule has 23 heavy (non-hydrogen) atoms. The number of halogens is 1. The van der Waals surface area contributed by atoms with E-state index in [1.807, 2.05) is 37.4 Å². The number of benzene rings is 2. The quantitative estimate of drug-likeness (QED) is 0.866. The van der Waals surface area contributed by atoms with Crippen LogP contribution in [-0.4, -0.2) is 44.3 Å². The second-order valence-corrected chi connectivity index (χ2v) is 7.66. The molecule has 1 atom stereocenters. The first-order chi connectivity index (χ1) is 11.0. The van der Waals surface area contributed by atoms with Gasteiger partial charge in [-0.15, -0.1) is 0 Å². The summed E-state index contributed by atoms with van der Waals surface area (Å²) in [5.74, 6) is -0.440. The maximum atomic E-state index is 13.0. The first-order valence-corrected chi connectivity index (χ1v) is 8.93. The predicted octanol–water partition coefficient (Wildman–Crippen LogP) is 2.50. The largest absolute Gasteiger partial charge is 0.297 e. The van der Waals surface area contributed by atoms with E-state index < -0.39 is 15.8 Å². The van der Waals surface area contributed by atoms with Crippen molar-refractivity contribution in [2.24, 2.45) is 0 Å². The third-order valence-corrected chi connectivity index (χ3v) is 6.13. The van der Waals surface area contributed by atoms with Crippen LogP contribution in [0.2, 0.25) is 0 Å². The molecule has 4 nitrogen and oxygen atoms in total. The van der Waals surface area contributed by atoms with Crippen molar-refractivity contribution in [2.45, 2.75) is 10.9 Å². The molecule has 122 valence electrons. The third kappa shape index (κ3) is 3.29. The van der Waals surface area contributed by atoms with Crippen molar-refractivity contribution < 1.29 is 12.8 Å². The van der Waals surface area contributed by atoms with Gasteiger partial charge in [0.1, 0.15) is 5.82 Å². The van der Waals surface area contributed by atoms with Crippen LogP contribution in [-0.2, 0) is 10.0 Å². The Morgan fingerprint density at radius 1 is 1.00 bits per heavy atom. The highest BCUT2D eigenvalue weighted by molar-refractivity contribution is 7.89. The summed E-state index contributed by atoms with van der Waals surface area (Å²) in [5.41, 5.74) is 1.09. The van der Waals surface area contributed by atoms with E-state index in [2.05, 4.69) is 4.90 Å². The average Bonchev–Trinajstić information content (AvgIpc) is 2.56. The van der Waals surface area contributed by atoms with Crippen molar-refractivity contribution in [1.82, 2.24) is 9.21 Å². The summed E-state index contributed by atoms with van der Waals surface area (Å²) in [6, 6.07) is 14.9. The summed E-state index contributed by atoms with van der Waals surface area (Å²) in [7, 11) is -1.60. The molecule has 1 heterocycles. The normalized spacial score (nSPS) is 20.5. The van der Waals surface area contributed by atoms with Gasteiger partial charge in [0.25, 0.3) is 0 Å². The van der Waals surface area contributed by atoms with Crippen molar-refractivity contribution in [3.8, 4) is 0 Å². The minimum atomic E-state index is -3.60. The Morgan fingerprint density at radius 3 is 2.30 bits per heavy atom. The Bertz CT molecular complexity index is 763. The number of likely N-dealkylation sites (N-methyl/N-ethyl adjacent to an activating group) is 1. The molecule has 1 unspecified atom stereocenters. The van der Waals surface area contributed by atoms with Crippen molar-refractivity contribution >= 4 is 10.0 Å². The lowest BCUT2D eigenvalue weighted by molar-refractivity contribution is 0.148. The molecule has 0 spiro atoms. The van der Waals surface area contributed by atoms with Gasteiger partial charge in [-0.05, 0) is 36.9 Å². The zero-order valence-corrected chi connectivity index (χ0v) is 13.7. The SMILES string of the molecule is CN1CCN(S(=O)(=O)c2ccc(F)cc2)CC1c1ccccc1. The highest BCUT2D eigenvalue weighted by Crippen LogP contribution is 2.27. The van der Waals surface area contributed by atoms with E-state index in [1.165, 1.54) is 28.6 Å². The molecule has 1 saturated heterocycles. The van der Waals surface area contributed by atoms with Crippen LogP contribution in [0.15, 0.2) is 59.5 Å². The van der Waals surface area contributed by atoms with Crippen LogP contribution in [0.3, 0.4) is 0 Å². The topological polar surface area (TPSA) is 40.6 Å². The minimum Gasteiger partial charge on any atom is -0.297 e. The van der Waals surface area contributed by atoms with E-state index in [9.17, 15) is 12.8 Å². The Kier molecular flexibility index (Phi) is 4.48. The standard InChI is InChI=1S/C17H19FN2O2S/c1-19-11-12-20(13-17(19)14-5-3-2-4-6-14)23(21,22)16-9-7-15(18)8-10-16/h2-10,17H,11-13H2,1H3. The predicted molar refractivity (Wildman–Crippen MR) is 87.0 cm³/mol. The van der Waals surface area contributed by atoms with Crippen molar-refractivity contribution in [3.05, 3.63) is 66.0 Å². The molecule has 0 bridgehead atoms. The second kappa shape index (κ2) is 6.39. The fourth-order valence-electron chi connectivity index (χ4n) is 2.86. The number of hydrogen-bond acceptors (Lipinski definition) is 3. The zero-order valence-electron chi connectivity index (χ0n) is 12.9. The lowest BCUT2D eigenvalue weighted by Crippen LogP contribution is -2.48. The van der Waals surface area contributed by atoms with E-state index in [0.29, 0.717) is 19.6 Å². The molecule has 3 rings (SSSR count). The van der Waals surface area contributed by atoms with Gasteiger partial charge in [-0.1, -0.05) is 30.3 Å². The minimum absolute atomic E-state index is 0.0140. The third-order valence-electron chi connectivity index (χ3n) is 4.25. The molecule has 1 fully saturated rings. The van der Waals surface area contributed by atoms with Crippen molar-refractivity contribution in [1.29, 1.82) is 0 Å². The molecule has 2 aromatic rings. The molecule has 0 aromatic heterocycles. The van der Waals surface area contributed by atoms with Crippen molar-refractivity contribution in [2.75, 3.05) is 26.7 Å². The maximum absolute atomic E-state index is 13.0. The van der Waals surface area contributed by atoms with E-state index in [1.54, 1.807) is 0 Å². The number of sulfonamides is 1. The molecule has 2 aromatic carbocycles. The van der Waals surface area contributed by atoms with Gasteiger partial charge >= 0.3 is 0 Å². The fraction of sp³-hybridized carbons (Fsp3) is 0.294. The van der Waals surface area contributed by atoms with E-state index in [-0.39, 0.29) is 10.9 Å². The van der Waals surface area contributed by atoms with Crippen LogP contribution in [0.1, 0.15) is 11.6 Å². The highest BCUT2D eigenvalue weighted by Gasteiger charge is 2.33. The van der Waals surface area contributed by atoms with Gasteiger partial charge in [0.2, 0.25) is 10.0 Å². The first kappa shape index (κ1) is 16.1. The van der Waals surface area contributed by atoms with Crippen LogP contribution in [0, 0.1) is 5.82 Å². The molecule has 1 aliphatic heterocycles. The van der Waals surface area contributed by atoms with Crippen LogP contribution in [0.4, 0.5) is 4.39 Å². The molecule has 0 saturated carbocycles. The van der Waals surface area contributed by atoms with Gasteiger partial charge in [-0.25, -0.2) is 12.8 Å². The van der Waals surface area contributed by atoms with Crippen molar-refractivity contribution in [3.63, 3.8) is 0 Å². The Labute approximate surface area is 136 Å². The zero-order chi connectivity index (χ0) is 16.4. The van der Waals surface area contributed by atoms with Gasteiger partial charge in [0.15, 0.2) is 0 Å². The van der Waals surface area contributed by atoms with Crippen LogP contribution >= 0.6 is 0 Å². The molecule has 1 aliphatic rings. The molecule has 0 amide bonds. The molecule has 6 heteroatoms. The summed E-state index contributed by atoms with van der Waals surface area (Å²) in [4.78, 5) is 2.29. The van der Waals surface area contributed by atoms with Gasteiger partial charge < -0.3 is 0 Å². The lowest BCUT2D eigenvalue weighted by Gasteiger charge is -2.39. The summed E-state index contributed by atoms with van der Waals surface area (Å²) >= 11 is 0. The molecular formula is C17H19FN2O2S. The Hall–Kier alpha value is -1.76. The number of hydrogen-bond donors (Lipinski definition) is 0. The molecule has 0 radical (unpaired) electrons. The van der Waals surface area contributed by atoms with Crippen LogP contribution in [0.25, 0.3) is 0 Å². The average molecular weight is 334 g/mol. The molecular weight excluding hydrogens is 315 g/mol. The first-order valence-electron chi connectivity index (χ1n) is 7.49. The van der Waals surface area contributed by atoms with E-state index >= 15 is 0 Å². The summed E-state index contributed by atoms with van der Waals surface area (Å²) in [6.45, 7) is 1.47. The second-order valence-electron chi connectivity index (χ2n) is 5.72. The van der Waals surface area contributed by atoms with Gasteiger partial charge in [0.05, 0.1) is 4.90 Å². The van der Waals surface area contributed by atoms with E-state index in [0.717, 1.165) is 5.56 Å². The fourth-order valence-corrected chi connectivity index (χ4v) is 4.30. The Balaban J connectivity index is 1.87. The van der Waals surface area contributed by atoms with Gasteiger partial charge in [0, 0.05) is 25.7 Å². The lowest BCUT2D eigenvalue weighted by atomic mass is 10.0. The molecule has 0 N–H and O–H groups in total. The highest BCUT2D eigenvalue weighted by atomic mass is 32.2. The van der Waals surface area contributed by atoms with E-state index in [4.69, 9.17) is 0 Å². The Morgan fingerprint density at radius 2 is 1.65 bits per heavy atom. The van der Waals surface area contributed by atoms with Crippen LogP contribution < -0.4 is 0 Å². The monoisotopic (exact) mass is 334 g/mol. The number of rotatable bonds is 3. The molecule has 0 aliphatic carbocycles. The summed E-state index contributed by atoms with van der Waals surface area (Å²) in [6.07, 6.45) is 0. The maximum Gasteiger partial charge on any atom is 0.243 e. The van der Waals surface area contributed by atoms with Gasteiger partial charge in [-0.3, -0.25) is 4.90 Å². The smallest absolute Gasteiger partial charge is 0.243 e. The number of nitrogens with zero attached hydrogens (tertiary/aromatic N) is 2. The summed E-state index contributed by atoms with van der Waals surface area (Å²) in [5, 5.41) is 0. The van der Waals surface area contributed by atoms with Crippen LogP contribution in [0.5, 0.6) is 0 Å².